The molecule has 24 heavy (non-hydrogen) atoms. The average Bonchev–Trinajstić information content (AvgIpc) is 2.58. The Kier molecular flexibility index (Phi) is 3.86. The number of hydrogen-bond donors (Lipinski definition) is 1. The van der Waals surface area contributed by atoms with Gasteiger partial charge < -0.3 is 10.1 Å². The van der Waals surface area contributed by atoms with Crippen molar-refractivity contribution in [2.45, 2.75) is 38.5 Å². The predicted octanol–water partition coefficient (Wildman–Crippen LogP) is 3.67. The van der Waals surface area contributed by atoms with Crippen molar-refractivity contribution in [3.63, 3.8) is 0 Å². The Hall–Kier alpha value is -1.84. The Morgan fingerprint density at radius 3 is 2.25 bits per heavy atom. The van der Waals surface area contributed by atoms with Gasteiger partial charge in [0.05, 0.1) is 5.56 Å². The second-order valence-electron chi connectivity index (χ2n) is 7.99. The van der Waals surface area contributed by atoms with E-state index in [1.54, 1.807) is 19.2 Å². The fourth-order valence-corrected chi connectivity index (χ4v) is 5.69. The van der Waals surface area contributed by atoms with Crippen LogP contribution in [0.25, 0.3) is 0 Å². The third-order valence-electron chi connectivity index (χ3n) is 6.38. The summed E-state index contributed by atoms with van der Waals surface area (Å²) in [6, 6.07) is 7.22. The van der Waals surface area contributed by atoms with Gasteiger partial charge in [0.1, 0.15) is 0 Å². The second-order valence-corrected chi connectivity index (χ2v) is 7.99. The molecule has 4 saturated carbocycles. The molecule has 4 heteroatoms. The lowest BCUT2D eigenvalue weighted by Gasteiger charge is -2.55. The molecule has 0 spiro atoms. The van der Waals surface area contributed by atoms with Crippen LogP contribution in [0.15, 0.2) is 24.3 Å². The van der Waals surface area contributed by atoms with Gasteiger partial charge in [-0.3, -0.25) is 4.79 Å². The van der Waals surface area contributed by atoms with Gasteiger partial charge in [-0.05, 0) is 68.4 Å². The molecule has 1 aromatic carbocycles. The zero-order valence-corrected chi connectivity index (χ0v) is 14.2. The molecule has 0 amide bonds. The molecule has 5 rings (SSSR count). The molecule has 4 fully saturated rings. The van der Waals surface area contributed by atoms with Crippen LogP contribution in [0.5, 0.6) is 0 Å². The molecule has 0 heterocycles. The molecule has 0 aliphatic heterocycles. The van der Waals surface area contributed by atoms with Gasteiger partial charge in [-0.15, -0.1) is 0 Å². The van der Waals surface area contributed by atoms with Gasteiger partial charge in [-0.2, -0.15) is 0 Å². The first kappa shape index (κ1) is 15.7. The Balaban J connectivity index is 1.43. The minimum atomic E-state index is -0.418. The van der Waals surface area contributed by atoms with E-state index in [2.05, 4.69) is 5.32 Å². The summed E-state index contributed by atoms with van der Waals surface area (Å²) in [6.45, 7) is -0.0803. The van der Waals surface area contributed by atoms with Crippen molar-refractivity contribution in [3.8, 4) is 0 Å². The Bertz CT molecular complexity index is 631. The van der Waals surface area contributed by atoms with Gasteiger partial charge in [-0.25, -0.2) is 4.79 Å². The van der Waals surface area contributed by atoms with Crippen molar-refractivity contribution in [2.75, 3.05) is 19.0 Å². The Morgan fingerprint density at radius 1 is 1.08 bits per heavy atom. The van der Waals surface area contributed by atoms with E-state index in [1.165, 1.54) is 19.3 Å². The molecule has 4 nitrogen and oxygen atoms in total. The number of carbonyl (C=O) groups is 2. The maximum absolute atomic E-state index is 12.9. The van der Waals surface area contributed by atoms with Crippen molar-refractivity contribution in [2.24, 2.45) is 23.2 Å². The molecule has 128 valence electrons. The fraction of sp³-hybridized carbons (Fsp3) is 0.600. The molecule has 0 saturated heterocycles. The number of benzene rings is 1. The minimum absolute atomic E-state index is 0.0803. The summed E-state index contributed by atoms with van der Waals surface area (Å²) in [5.41, 5.74) is 1.01. The molecule has 4 bridgehead atoms. The number of carbonyl (C=O) groups excluding carboxylic acids is 2. The van der Waals surface area contributed by atoms with Crippen LogP contribution in [0.2, 0.25) is 0 Å². The monoisotopic (exact) mass is 327 g/mol. The summed E-state index contributed by atoms with van der Waals surface area (Å²) in [7, 11) is 1.77. The predicted molar refractivity (Wildman–Crippen MR) is 91.9 cm³/mol. The Morgan fingerprint density at radius 2 is 1.67 bits per heavy atom. The number of ether oxygens (including phenoxy) is 1. The van der Waals surface area contributed by atoms with Crippen molar-refractivity contribution in [1.82, 2.24) is 0 Å². The number of hydrogen-bond acceptors (Lipinski definition) is 4. The van der Waals surface area contributed by atoms with Gasteiger partial charge in [0.2, 0.25) is 0 Å². The van der Waals surface area contributed by atoms with Crippen LogP contribution in [-0.4, -0.2) is 25.4 Å². The molecule has 4 aliphatic carbocycles. The quantitative estimate of drug-likeness (QED) is 0.838. The van der Waals surface area contributed by atoms with Crippen LogP contribution in [0.3, 0.4) is 0 Å². The largest absolute Gasteiger partial charge is 0.454 e. The highest BCUT2D eigenvalue weighted by Gasteiger charge is 2.54. The van der Waals surface area contributed by atoms with Crippen molar-refractivity contribution in [3.05, 3.63) is 29.8 Å². The van der Waals surface area contributed by atoms with Crippen molar-refractivity contribution < 1.29 is 14.3 Å². The fourth-order valence-electron chi connectivity index (χ4n) is 5.69. The van der Waals surface area contributed by atoms with Crippen LogP contribution in [0.1, 0.15) is 48.9 Å². The van der Waals surface area contributed by atoms with E-state index in [0.717, 1.165) is 42.7 Å². The van der Waals surface area contributed by atoms with E-state index in [0.29, 0.717) is 5.56 Å². The standard InChI is InChI=1S/C20H25NO3/c1-21-17-5-3-2-4-16(17)19(23)24-12-18(22)20-9-13-6-14(10-20)8-15(7-13)11-20/h2-5,13-15,21H,6-12H2,1H3. The summed E-state index contributed by atoms with van der Waals surface area (Å²) in [5.74, 6) is 1.90. The third-order valence-corrected chi connectivity index (χ3v) is 6.38. The van der Waals surface area contributed by atoms with Crippen molar-refractivity contribution >= 4 is 17.4 Å². The van der Waals surface area contributed by atoms with Crippen molar-refractivity contribution in [1.29, 1.82) is 0 Å². The first-order chi connectivity index (χ1) is 11.6. The number of Topliss-reactive ketones (excluding diaryl/α,β-unsaturated/α-hetero) is 1. The highest BCUT2D eigenvalue weighted by Crippen LogP contribution is 2.60. The van der Waals surface area contributed by atoms with Crippen LogP contribution in [0.4, 0.5) is 5.69 Å². The molecule has 0 atom stereocenters. The van der Waals surface area contributed by atoms with E-state index in [9.17, 15) is 9.59 Å². The number of nitrogens with one attached hydrogen (secondary N) is 1. The summed E-state index contributed by atoms with van der Waals surface area (Å²) in [5, 5.41) is 2.99. The number of para-hydroxylation sites is 1. The topological polar surface area (TPSA) is 55.4 Å². The maximum atomic E-state index is 12.9. The van der Waals surface area contributed by atoms with Crippen LogP contribution in [-0.2, 0) is 9.53 Å². The summed E-state index contributed by atoms with van der Waals surface area (Å²) >= 11 is 0. The first-order valence-electron chi connectivity index (χ1n) is 9.07. The molecule has 0 aromatic heterocycles. The lowest BCUT2D eigenvalue weighted by molar-refractivity contribution is -0.147. The summed E-state index contributed by atoms with van der Waals surface area (Å²) < 4.78 is 5.39. The van der Waals surface area contributed by atoms with E-state index in [4.69, 9.17) is 4.74 Å². The number of ketones is 1. The van der Waals surface area contributed by atoms with Crippen LogP contribution in [0, 0.1) is 23.2 Å². The molecular formula is C20H25NO3. The summed E-state index contributed by atoms with van der Waals surface area (Å²) in [4.78, 5) is 25.2. The normalized spacial score (nSPS) is 33.3. The zero-order valence-electron chi connectivity index (χ0n) is 14.2. The van der Waals surface area contributed by atoms with Gasteiger partial charge in [0.15, 0.2) is 12.4 Å². The average molecular weight is 327 g/mol. The molecule has 1 N–H and O–H groups in total. The maximum Gasteiger partial charge on any atom is 0.340 e. The second kappa shape index (κ2) is 5.91. The van der Waals surface area contributed by atoms with Gasteiger partial charge >= 0.3 is 5.97 Å². The number of esters is 1. The summed E-state index contributed by atoms with van der Waals surface area (Å²) in [6.07, 6.45) is 6.97. The van der Waals surface area contributed by atoms with Gasteiger partial charge in [0.25, 0.3) is 0 Å². The smallest absolute Gasteiger partial charge is 0.340 e. The van der Waals surface area contributed by atoms with E-state index < -0.39 is 5.97 Å². The van der Waals surface area contributed by atoms with E-state index >= 15 is 0 Å². The lowest BCUT2D eigenvalue weighted by Crippen LogP contribution is -2.51. The number of rotatable bonds is 5. The highest BCUT2D eigenvalue weighted by atomic mass is 16.5. The van der Waals surface area contributed by atoms with Crippen LogP contribution >= 0.6 is 0 Å². The zero-order chi connectivity index (χ0) is 16.7. The Labute approximate surface area is 143 Å². The highest BCUT2D eigenvalue weighted by molar-refractivity contribution is 5.97. The molecule has 4 aliphatic rings. The minimum Gasteiger partial charge on any atom is -0.454 e. The molecule has 1 aromatic rings. The van der Waals surface area contributed by atoms with Crippen LogP contribution < -0.4 is 5.32 Å². The molecular weight excluding hydrogens is 302 g/mol. The number of anilines is 1. The third kappa shape index (κ3) is 2.62. The van der Waals surface area contributed by atoms with Gasteiger partial charge in [-0.1, -0.05) is 12.1 Å². The lowest BCUT2D eigenvalue weighted by atomic mass is 9.48. The molecule has 0 unspecified atom stereocenters. The van der Waals surface area contributed by atoms with E-state index in [-0.39, 0.29) is 17.8 Å². The first-order valence-corrected chi connectivity index (χ1v) is 9.07. The van der Waals surface area contributed by atoms with E-state index in [1.807, 2.05) is 12.1 Å². The molecule has 0 radical (unpaired) electrons. The SMILES string of the molecule is CNc1ccccc1C(=O)OCC(=O)C12CC3CC(CC(C3)C1)C2. The van der Waals surface area contributed by atoms with Gasteiger partial charge in [0, 0.05) is 18.2 Å².